The van der Waals surface area contributed by atoms with Crippen LogP contribution in [0.1, 0.15) is 38.3 Å². The van der Waals surface area contributed by atoms with Crippen LogP contribution in [0, 0.1) is 0 Å². The zero-order chi connectivity index (χ0) is 13.5. The van der Waals surface area contributed by atoms with Gasteiger partial charge in [0, 0.05) is 24.7 Å². The lowest BCUT2D eigenvalue weighted by atomic mass is 10.1. The summed E-state index contributed by atoms with van der Waals surface area (Å²) in [5, 5.41) is 0. The molecule has 3 heteroatoms. The van der Waals surface area contributed by atoms with Gasteiger partial charge >= 0.3 is 0 Å². The monoisotopic (exact) mass is 250 g/mol. The van der Waals surface area contributed by atoms with Gasteiger partial charge in [0.15, 0.2) is 0 Å². The number of methoxy groups -OCH3 is 1. The van der Waals surface area contributed by atoms with E-state index in [1.807, 2.05) is 0 Å². The summed E-state index contributed by atoms with van der Waals surface area (Å²) >= 11 is 0. The lowest BCUT2D eigenvalue weighted by Gasteiger charge is -2.27. The average molecular weight is 250 g/mol. The van der Waals surface area contributed by atoms with Crippen LogP contribution in [0.3, 0.4) is 0 Å². The molecular weight excluding hydrogens is 224 g/mol. The van der Waals surface area contributed by atoms with Gasteiger partial charge in [0.25, 0.3) is 0 Å². The molecule has 0 bridgehead atoms. The van der Waals surface area contributed by atoms with Gasteiger partial charge in [-0.05, 0) is 31.5 Å². The Morgan fingerprint density at radius 1 is 1.33 bits per heavy atom. The second-order valence-corrected chi connectivity index (χ2v) is 4.67. The molecule has 0 heterocycles. The van der Waals surface area contributed by atoms with E-state index in [9.17, 15) is 0 Å². The third-order valence-corrected chi connectivity index (χ3v) is 3.58. The normalized spacial score (nSPS) is 12.8. The topological polar surface area (TPSA) is 38.5 Å². The molecule has 0 spiro atoms. The van der Waals surface area contributed by atoms with Gasteiger partial charge in [-0.15, -0.1) is 0 Å². The van der Waals surface area contributed by atoms with Crippen LogP contribution in [0.4, 0.5) is 0 Å². The van der Waals surface area contributed by atoms with Crippen LogP contribution in [0.2, 0.25) is 0 Å². The molecule has 0 aliphatic heterocycles. The van der Waals surface area contributed by atoms with E-state index in [-0.39, 0.29) is 0 Å². The zero-order valence-electron chi connectivity index (χ0n) is 12.1. The largest absolute Gasteiger partial charge is 0.496 e. The molecule has 1 atom stereocenters. The molecule has 1 aromatic carbocycles. The lowest BCUT2D eigenvalue weighted by Crippen LogP contribution is -2.31. The average Bonchev–Trinajstić information content (AvgIpc) is 2.43. The highest BCUT2D eigenvalue weighted by Gasteiger charge is 2.11. The number of hydrogen-bond acceptors (Lipinski definition) is 3. The fourth-order valence-electron chi connectivity index (χ4n) is 2.13. The summed E-state index contributed by atoms with van der Waals surface area (Å²) in [6, 6.07) is 6.93. The van der Waals surface area contributed by atoms with Crippen molar-refractivity contribution in [3.8, 4) is 5.75 Å². The maximum Gasteiger partial charge on any atom is 0.123 e. The lowest BCUT2D eigenvalue weighted by molar-refractivity contribution is 0.206. The summed E-state index contributed by atoms with van der Waals surface area (Å²) < 4.78 is 5.38. The van der Waals surface area contributed by atoms with Crippen molar-refractivity contribution < 1.29 is 4.74 Å². The molecule has 0 aliphatic carbocycles. The summed E-state index contributed by atoms with van der Waals surface area (Å²) in [5.74, 6) is 0.898. The maximum absolute atomic E-state index is 5.68. The molecule has 1 aromatic rings. The maximum atomic E-state index is 5.68. The Balaban J connectivity index is 2.83. The molecule has 0 saturated carbocycles. The predicted octanol–water partition coefficient (Wildman–Crippen LogP) is 2.77. The Labute approximate surface area is 111 Å². The first kappa shape index (κ1) is 15.0. The van der Waals surface area contributed by atoms with Crippen molar-refractivity contribution in [2.45, 2.75) is 46.3 Å². The minimum absolute atomic E-state index is 0.520. The molecule has 0 amide bonds. The molecule has 0 aromatic heterocycles. The van der Waals surface area contributed by atoms with Crippen molar-refractivity contribution in [2.24, 2.45) is 5.73 Å². The van der Waals surface area contributed by atoms with Gasteiger partial charge in [-0.2, -0.15) is 0 Å². The van der Waals surface area contributed by atoms with Crippen molar-refractivity contribution in [1.82, 2.24) is 4.90 Å². The van der Waals surface area contributed by atoms with Crippen LogP contribution >= 0.6 is 0 Å². The van der Waals surface area contributed by atoms with Crippen LogP contribution in [-0.4, -0.2) is 24.6 Å². The number of ether oxygens (including phenoxy) is 1. The Kier molecular flexibility index (Phi) is 6.16. The minimum atomic E-state index is 0.520. The smallest absolute Gasteiger partial charge is 0.123 e. The number of benzene rings is 1. The Morgan fingerprint density at radius 3 is 2.56 bits per heavy atom. The second-order valence-electron chi connectivity index (χ2n) is 4.67. The molecule has 0 radical (unpaired) electrons. The molecule has 3 nitrogen and oxygen atoms in total. The van der Waals surface area contributed by atoms with E-state index < -0.39 is 0 Å². The summed E-state index contributed by atoms with van der Waals surface area (Å²) in [7, 11) is 1.70. The molecular formula is C15H26N2O. The fourth-order valence-corrected chi connectivity index (χ4v) is 2.13. The number of nitrogens with zero attached hydrogens (tertiary/aromatic N) is 1. The predicted molar refractivity (Wildman–Crippen MR) is 76.7 cm³/mol. The van der Waals surface area contributed by atoms with E-state index in [4.69, 9.17) is 10.5 Å². The molecule has 2 N–H and O–H groups in total. The van der Waals surface area contributed by atoms with E-state index in [0.717, 1.165) is 24.4 Å². The Morgan fingerprint density at radius 2 is 2.06 bits per heavy atom. The van der Waals surface area contributed by atoms with E-state index in [0.29, 0.717) is 12.6 Å². The second kappa shape index (κ2) is 7.39. The highest BCUT2D eigenvalue weighted by molar-refractivity contribution is 5.37. The summed E-state index contributed by atoms with van der Waals surface area (Å²) in [5.41, 5.74) is 8.03. The third-order valence-electron chi connectivity index (χ3n) is 3.58. The first-order valence-corrected chi connectivity index (χ1v) is 6.76. The molecule has 0 saturated heterocycles. The van der Waals surface area contributed by atoms with Gasteiger partial charge in [-0.1, -0.05) is 26.0 Å². The molecule has 0 fully saturated rings. The highest BCUT2D eigenvalue weighted by atomic mass is 16.5. The van der Waals surface area contributed by atoms with Gasteiger partial charge in [0.1, 0.15) is 5.75 Å². The van der Waals surface area contributed by atoms with Gasteiger partial charge in [-0.25, -0.2) is 0 Å². The molecule has 102 valence electrons. The molecule has 1 rings (SSSR count). The van der Waals surface area contributed by atoms with Crippen LogP contribution in [0.5, 0.6) is 5.75 Å². The van der Waals surface area contributed by atoms with Crippen molar-refractivity contribution in [2.75, 3.05) is 13.7 Å². The minimum Gasteiger partial charge on any atom is -0.496 e. The van der Waals surface area contributed by atoms with Crippen LogP contribution in [-0.2, 0) is 13.1 Å². The summed E-state index contributed by atoms with van der Waals surface area (Å²) in [6.45, 7) is 9.26. The van der Waals surface area contributed by atoms with Crippen molar-refractivity contribution in [3.05, 3.63) is 29.3 Å². The standard InChI is InChI=1S/C15H26N2O/c1-5-12(3)17(6-2)11-13-7-8-14(10-16)15(9-13)18-4/h7-9,12H,5-6,10-11,16H2,1-4H3. The highest BCUT2D eigenvalue weighted by Crippen LogP contribution is 2.21. The van der Waals surface area contributed by atoms with Crippen LogP contribution in [0.15, 0.2) is 18.2 Å². The third kappa shape index (κ3) is 3.72. The SMILES string of the molecule is CCC(C)N(CC)Cc1ccc(CN)c(OC)c1. The summed E-state index contributed by atoms with van der Waals surface area (Å²) in [4.78, 5) is 2.47. The van der Waals surface area contributed by atoms with Gasteiger partial charge in [0.2, 0.25) is 0 Å². The molecule has 0 aliphatic rings. The van der Waals surface area contributed by atoms with Gasteiger partial charge in [-0.3, -0.25) is 4.90 Å². The first-order chi connectivity index (χ1) is 8.65. The molecule has 18 heavy (non-hydrogen) atoms. The van der Waals surface area contributed by atoms with E-state index >= 15 is 0 Å². The van der Waals surface area contributed by atoms with E-state index in [1.54, 1.807) is 7.11 Å². The quantitative estimate of drug-likeness (QED) is 0.808. The Hall–Kier alpha value is -1.06. The van der Waals surface area contributed by atoms with Crippen molar-refractivity contribution in [3.63, 3.8) is 0 Å². The fraction of sp³-hybridized carbons (Fsp3) is 0.600. The van der Waals surface area contributed by atoms with E-state index in [1.165, 1.54) is 12.0 Å². The van der Waals surface area contributed by atoms with Crippen LogP contribution in [0.25, 0.3) is 0 Å². The van der Waals surface area contributed by atoms with Crippen LogP contribution < -0.4 is 10.5 Å². The zero-order valence-corrected chi connectivity index (χ0v) is 12.1. The number of nitrogens with two attached hydrogens (primary N) is 1. The number of rotatable bonds is 7. The van der Waals surface area contributed by atoms with Crippen molar-refractivity contribution >= 4 is 0 Å². The van der Waals surface area contributed by atoms with Gasteiger partial charge < -0.3 is 10.5 Å². The first-order valence-electron chi connectivity index (χ1n) is 6.76. The number of hydrogen-bond donors (Lipinski definition) is 1. The Bertz CT molecular complexity index is 366. The molecule has 1 unspecified atom stereocenters. The van der Waals surface area contributed by atoms with E-state index in [2.05, 4.69) is 43.9 Å². The van der Waals surface area contributed by atoms with Gasteiger partial charge in [0.05, 0.1) is 7.11 Å². The summed E-state index contributed by atoms with van der Waals surface area (Å²) in [6.07, 6.45) is 1.17. The van der Waals surface area contributed by atoms with Crippen molar-refractivity contribution in [1.29, 1.82) is 0 Å².